The van der Waals surface area contributed by atoms with Gasteiger partial charge < -0.3 is 4.84 Å². The highest BCUT2D eigenvalue weighted by atomic mass is 16.7. The van der Waals surface area contributed by atoms with Gasteiger partial charge in [0.1, 0.15) is 12.7 Å². The average molecular weight is 154 g/mol. The standard InChI is InChI=1S/C6H10N4O/c1-2-11-9-6(1)3-10-5-7-4-8-10/h4-6,9H,1-3H2. The first-order valence-corrected chi connectivity index (χ1v) is 3.65. The summed E-state index contributed by atoms with van der Waals surface area (Å²) >= 11 is 0. The van der Waals surface area contributed by atoms with Crippen LogP contribution in [0.25, 0.3) is 0 Å². The van der Waals surface area contributed by atoms with Gasteiger partial charge in [-0.3, -0.25) is 4.68 Å². The van der Waals surface area contributed by atoms with E-state index in [0.29, 0.717) is 6.04 Å². The normalized spacial score (nSPS) is 24.2. The van der Waals surface area contributed by atoms with Crippen LogP contribution in [-0.2, 0) is 11.4 Å². The lowest BCUT2D eigenvalue weighted by atomic mass is 10.2. The van der Waals surface area contributed by atoms with E-state index < -0.39 is 0 Å². The van der Waals surface area contributed by atoms with Crippen LogP contribution in [0.5, 0.6) is 0 Å². The minimum absolute atomic E-state index is 0.386. The largest absolute Gasteiger partial charge is 0.301 e. The average Bonchev–Trinajstić information content (AvgIpc) is 2.60. The second-order valence-electron chi connectivity index (χ2n) is 2.57. The highest BCUT2D eigenvalue weighted by Crippen LogP contribution is 2.02. The van der Waals surface area contributed by atoms with Crippen molar-refractivity contribution in [3.8, 4) is 0 Å². The first-order chi connectivity index (χ1) is 5.45. The van der Waals surface area contributed by atoms with Crippen LogP contribution < -0.4 is 5.48 Å². The number of hydrogen-bond acceptors (Lipinski definition) is 4. The second kappa shape index (κ2) is 2.98. The molecule has 2 heterocycles. The molecule has 2 rings (SSSR count). The maximum absolute atomic E-state index is 4.99. The number of nitrogens with zero attached hydrogens (tertiary/aromatic N) is 3. The van der Waals surface area contributed by atoms with Crippen molar-refractivity contribution in [1.82, 2.24) is 20.2 Å². The molecule has 0 aromatic carbocycles. The van der Waals surface area contributed by atoms with Crippen LogP contribution in [0, 0.1) is 0 Å². The molecule has 11 heavy (non-hydrogen) atoms. The van der Waals surface area contributed by atoms with Crippen LogP contribution in [0.1, 0.15) is 6.42 Å². The molecule has 1 aromatic rings. The van der Waals surface area contributed by atoms with Gasteiger partial charge in [0.05, 0.1) is 19.2 Å². The summed E-state index contributed by atoms with van der Waals surface area (Å²) in [5.74, 6) is 0. The predicted octanol–water partition coefficient (Wildman–Crippen LogP) is -0.428. The Hall–Kier alpha value is -0.940. The summed E-state index contributed by atoms with van der Waals surface area (Å²) in [6, 6.07) is 0.386. The Balaban J connectivity index is 1.90. The van der Waals surface area contributed by atoms with Gasteiger partial charge in [-0.1, -0.05) is 0 Å². The predicted molar refractivity (Wildman–Crippen MR) is 37.5 cm³/mol. The number of nitrogens with one attached hydrogen (secondary N) is 1. The molecule has 1 unspecified atom stereocenters. The summed E-state index contributed by atoms with van der Waals surface area (Å²) in [6.45, 7) is 1.62. The van der Waals surface area contributed by atoms with Crippen molar-refractivity contribution in [2.24, 2.45) is 0 Å². The molecule has 0 spiro atoms. The summed E-state index contributed by atoms with van der Waals surface area (Å²) in [5.41, 5.74) is 2.91. The van der Waals surface area contributed by atoms with Gasteiger partial charge in [0.25, 0.3) is 0 Å². The first-order valence-electron chi connectivity index (χ1n) is 3.65. The number of aromatic nitrogens is 3. The van der Waals surface area contributed by atoms with Crippen molar-refractivity contribution in [3.63, 3.8) is 0 Å². The van der Waals surface area contributed by atoms with Crippen molar-refractivity contribution < 1.29 is 4.84 Å². The third kappa shape index (κ3) is 1.55. The summed E-state index contributed by atoms with van der Waals surface area (Å²) in [5, 5.41) is 3.99. The Morgan fingerprint density at radius 3 is 3.36 bits per heavy atom. The van der Waals surface area contributed by atoms with Gasteiger partial charge in [0.2, 0.25) is 0 Å². The third-order valence-electron chi connectivity index (χ3n) is 1.69. The van der Waals surface area contributed by atoms with Crippen LogP contribution in [0.3, 0.4) is 0 Å². The number of hydroxylamine groups is 1. The lowest BCUT2D eigenvalue weighted by molar-refractivity contribution is 0.0848. The van der Waals surface area contributed by atoms with Crippen LogP contribution in [0.15, 0.2) is 12.7 Å². The van der Waals surface area contributed by atoms with Gasteiger partial charge in [-0.2, -0.15) is 10.6 Å². The fourth-order valence-corrected chi connectivity index (χ4v) is 1.12. The van der Waals surface area contributed by atoms with Gasteiger partial charge in [0, 0.05) is 0 Å². The van der Waals surface area contributed by atoms with E-state index in [1.165, 1.54) is 6.33 Å². The molecule has 1 aliphatic rings. The second-order valence-corrected chi connectivity index (χ2v) is 2.57. The zero-order chi connectivity index (χ0) is 7.52. The molecule has 0 saturated carbocycles. The fourth-order valence-electron chi connectivity index (χ4n) is 1.12. The van der Waals surface area contributed by atoms with E-state index in [0.717, 1.165) is 19.6 Å². The molecule has 5 heteroatoms. The lowest BCUT2D eigenvalue weighted by Gasteiger charge is -2.06. The highest BCUT2D eigenvalue weighted by molar-refractivity contribution is 4.68. The number of hydrogen-bond donors (Lipinski definition) is 1. The maximum Gasteiger partial charge on any atom is 0.137 e. The summed E-state index contributed by atoms with van der Waals surface area (Å²) in [4.78, 5) is 8.84. The Labute approximate surface area is 64.3 Å². The molecule has 1 aromatic heterocycles. The quantitative estimate of drug-likeness (QED) is 0.628. The van der Waals surface area contributed by atoms with Gasteiger partial charge in [-0.15, -0.1) is 0 Å². The van der Waals surface area contributed by atoms with Gasteiger partial charge >= 0.3 is 0 Å². The van der Waals surface area contributed by atoms with Crippen LogP contribution in [-0.4, -0.2) is 27.4 Å². The van der Waals surface area contributed by atoms with Crippen molar-refractivity contribution in [2.45, 2.75) is 19.0 Å². The molecule has 1 aliphatic heterocycles. The zero-order valence-electron chi connectivity index (χ0n) is 6.10. The Morgan fingerprint density at radius 1 is 1.73 bits per heavy atom. The molecular formula is C6H10N4O. The fraction of sp³-hybridized carbons (Fsp3) is 0.667. The van der Waals surface area contributed by atoms with Gasteiger partial charge in [-0.25, -0.2) is 4.98 Å². The van der Waals surface area contributed by atoms with E-state index in [4.69, 9.17) is 4.84 Å². The Kier molecular flexibility index (Phi) is 1.83. The van der Waals surface area contributed by atoms with E-state index in [2.05, 4.69) is 15.6 Å². The highest BCUT2D eigenvalue weighted by Gasteiger charge is 2.15. The van der Waals surface area contributed by atoms with Crippen molar-refractivity contribution >= 4 is 0 Å². The molecule has 60 valence electrons. The molecule has 5 nitrogen and oxygen atoms in total. The molecular weight excluding hydrogens is 144 g/mol. The smallest absolute Gasteiger partial charge is 0.137 e. The van der Waals surface area contributed by atoms with Gasteiger partial charge in [-0.05, 0) is 6.42 Å². The molecule has 0 bridgehead atoms. The minimum atomic E-state index is 0.386. The monoisotopic (exact) mass is 154 g/mol. The van der Waals surface area contributed by atoms with Crippen molar-refractivity contribution in [1.29, 1.82) is 0 Å². The van der Waals surface area contributed by atoms with Crippen LogP contribution >= 0.6 is 0 Å². The van der Waals surface area contributed by atoms with Gasteiger partial charge in [0.15, 0.2) is 0 Å². The Morgan fingerprint density at radius 2 is 2.73 bits per heavy atom. The van der Waals surface area contributed by atoms with E-state index in [1.54, 1.807) is 11.0 Å². The summed E-state index contributed by atoms with van der Waals surface area (Å²) in [7, 11) is 0. The first kappa shape index (κ1) is 6.75. The molecule has 0 amide bonds. The molecule has 1 fully saturated rings. The van der Waals surface area contributed by atoms with E-state index in [1.807, 2.05) is 0 Å². The summed E-state index contributed by atoms with van der Waals surface area (Å²) in [6.07, 6.45) is 4.29. The molecule has 1 atom stereocenters. The van der Waals surface area contributed by atoms with Crippen molar-refractivity contribution in [3.05, 3.63) is 12.7 Å². The van der Waals surface area contributed by atoms with Crippen LogP contribution in [0.4, 0.5) is 0 Å². The molecule has 0 aliphatic carbocycles. The third-order valence-corrected chi connectivity index (χ3v) is 1.69. The van der Waals surface area contributed by atoms with E-state index in [9.17, 15) is 0 Å². The number of rotatable bonds is 2. The molecule has 1 saturated heterocycles. The van der Waals surface area contributed by atoms with Crippen molar-refractivity contribution in [2.75, 3.05) is 6.61 Å². The molecule has 1 N–H and O–H groups in total. The SMILES string of the molecule is c1ncn(CC2CCON2)n1. The van der Waals surface area contributed by atoms with Crippen LogP contribution in [0.2, 0.25) is 0 Å². The Bertz CT molecular complexity index is 204. The minimum Gasteiger partial charge on any atom is -0.301 e. The zero-order valence-corrected chi connectivity index (χ0v) is 6.10. The lowest BCUT2D eigenvalue weighted by Crippen LogP contribution is -2.25. The maximum atomic E-state index is 4.99. The summed E-state index contributed by atoms with van der Waals surface area (Å²) < 4.78 is 1.80. The topological polar surface area (TPSA) is 52.0 Å². The van der Waals surface area contributed by atoms with E-state index in [-0.39, 0.29) is 0 Å². The van der Waals surface area contributed by atoms with E-state index >= 15 is 0 Å². The molecule has 0 radical (unpaired) electrons.